The van der Waals surface area contributed by atoms with Crippen LogP contribution in [-0.4, -0.2) is 18.7 Å². The maximum absolute atomic E-state index is 12.4. The molecule has 5 heteroatoms. The van der Waals surface area contributed by atoms with Crippen LogP contribution in [-0.2, 0) is 14.3 Å². The van der Waals surface area contributed by atoms with Gasteiger partial charge in [-0.25, -0.2) is 0 Å². The number of allylic oxidation sites excluding steroid dienone is 3. The van der Waals surface area contributed by atoms with Gasteiger partial charge in [-0.05, 0) is 12.1 Å². The summed E-state index contributed by atoms with van der Waals surface area (Å²) in [6.07, 6.45) is 3.38. The second-order valence-corrected chi connectivity index (χ2v) is 4.47. The molecule has 0 amide bonds. The SMILES string of the molecule is COC1=CC(=O)C(c2coc3ccccc3c2=O)=CC1=O. The van der Waals surface area contributed by atoms with Crippen LogP contribution in [0.3, 0.4) is 0 Å². The number of fused-ring (bicyclic) bond motifs is 1. The van der Waals surface area contributed by atoms with Crippen molar-refractivity contribution in [1.29, 1.82) is 0 Å². The number of para-hydroxylation sites is 1. The quantitative estimate of drug-likeness (QED) is 0.786. The van der Waals surface area contributed by atoms with E-state index in [1.165, 1.54) is 13.4 Å². The molecule has 1 aliphatic rings. The van der Waals surface area contributed by atoms with Crippen molar-refractivity contribution in [3.05, 3.63) is 64.2 Å². The number of ether oxygens (including phenoxy) is 1. The first kappa shape index (κ1) is 13.1. The lowest BCUT2D eigenvalue weighted by Crippen LogP contribution is -2.18. The molecule has 2 aromatic rings. The van der Waals surface area contributed by atoms with E-state index < -0.39 is 11.6 Å². The Morgan fingerprint density at radius 1 is 1.00 bits per heavy atom. The molecular formula is C16H10O5. The lowest BCUT2D eigenvalue weighted by molar-refractivity contribution is -0.116. The number of carbonyl (C=O) groups is 2. The lowest BCUT2D eigenvalue weighted by Gasteiger charge is -2.10. The highest BCUT2D eigenvalue weighted by molar-refractivity contribution is 6.34. The number of carbonyl (C=O) groups excluding carboxylic acids is 2. The Balaban J connectivity index is 2.18. The first-order valence-electron chi connectivity index (χ1n) is 6.19. The summed E-state index contributed by atoms with van der Waals surface area (Å²) < 4.78 is 10.2. The standard InChI is InChI=1S/C16H10O5/c1-20-15-7-12(17)10(6-13(15)18)11-8-21-14-5-3-2-4-9(14)16(11)19/h2-8H,1H3. The number of rotatable bonds is 2. The Morgan fingerprint density at radius 2 is 1.76 bits per heavy atom. The van der Waals surface area contributed by atoms with Gasteiger partial charge in [0.15, 0.2) is 11.5 Å². The van der Waals surface area contributed by atoms with Crippen LogP contribution in [0.1, 0.15) is 5.56 Å². The number of hydrogen-bond acceptors (Lipinski definition) is 5. The van der Waals surface area contributed by atoms with Gasteiger partial charge in [0.25, 0.3) is 0 Å². The van der Waals surface area contributed by atoms with Crippen molar-refractivity contribution >= 4 is 28.1 Å². The molecule has 3 rings (SSSR count). The summed E-state index contributed by atoms with van der Waals surface area (Å²) in [5.74, 6) is -0.970. The Labute approximate surface area is 119 Å². The Kier molecular flexibility index (Phi) is 3.02. The van der Waals surface area contributed by atoms with Gasteiger partial charge >= 0.3 is 0 Å². The van der Waals surface area contributed by atoms with E-state index in [2.05, 4.69) is 0 Å². The van der Waals surface area contributed by atoms with Crippen LogP contribution in [0.2, 0.25) is 0 Å². The molecule has 0 unspecified atom stereocenters. The normalized spacial score (nSPS) is 14.9. The third-order valence-corrected chi connectivity index (χ3v) is 3.24. The molecule has 5 nitrogen and oxygen atoms in total. The predicted molar refractivity (Wildman–Crippen MR) is 75.6 cm³/mol. The van der Waals surface area contributed by atoms with E-state index in [9.17, 15) is 14.4 Å². The van der Waals surface area contributed by atoms with Gasteiger partial charge in [-0.3, -0.25) is 14.4 Å². The number of methoxy groups -OCH3 is 1. The van der Waals surface area contributed by atoms with Crippen LogP contribution >= 0.6 is 0 Å². The molecule has 21 heavy (non-hydrogen) atoms. The molecule has 1 aromatic carbocycles. The summed E-state index contributed by atoms with van der Waals surface area (Å²) in [4.78, 5) is 36.2. The van der Waals surface area contributed by atoms with E-state index in [-0.39, 0.29) is 22.3 Å². The largest absolute Gasteiger partial charge is 0.493 e. The summed E-state index contributed by atoms with van der Waals surface area (Å²) in [7, 11) is 1.31. The topological polar surface area (TPSA) is 73.6 Å². The fourth-order valence-electron chi connectivity index (χ4n) is 2.18. The lowest BCUT2D eigenvalue weighted by atomic mass is 9.96. The van der Waals surface area contributed by atoms with Gasteiger partial charge in [0, 0.05) is 17.7 Å². The summed E-state index contributed by atoms with van der Waals surface area (Å²) in [6.45, 7) is 0. The smallest absolute Gasteiger partial charge is 0.221 e. The average Bonchev–Trinajstić information content (AvgIpc) is 2.50. The summed E-state index contributed by atoms with van der Waals surface area (Å²) in [5, 5.41) is 0.359. The Bertz CT molecular complexity index is 883. The molecule has 0 aliphatic heterocycles. The van der Waals surface area contributed by atoms with Crippen LogP contribution in [0, 0.1) is 0 Å². The average molecular weight is 282 g/mol. The highest BCUT2D eigenvalue weighted by Gasteiger charge is 2.24. The summed E-state index contributed by atoms with van der Waals surface area (Å²) in [6, 6.07) is 6.71. The molecule has 0 saturated heterocycles. The minimum atomic E-state index is -0.464. The highest BCUT2D eigenvalue weighted by atomic mass is 16.5. The van der Waals surface area contributed by atoms with Gasteiger partial charge in [-0.15, -0.1) is 0 Å². The fraction of sp³-hybridized carbons (Fsp3) is 0.0625. The third kappa shape index (κ3) is 2.08. The fourth-order valence-corrected chi connectivity index (χ4v) is 2.18. The van der Waals surface area contributed by atoms with Crippen LogP contribution in [0.4, 0.5) is 0 Å². The highest BCUT2D eigenvalue weighted by Crippen LogP contribution is 2.22. The molecule has 0 spiro atoms. The first-order chi connectivity index (χ1) is 10.1. The molecule has 0 fully saturated rings. The molecular weight excluding hydrogens is 272 g/mol. The summed E-state index contributed by atoms with van der Waals surface area (Å²) in [5.41, 5.74) is 0.159. The monoisotopic (exact) mass is 282 g/mol. The van der Waals surface area contributed by atoms with Gasteiger partial charge in [-0.1, -0.05) is 12.1 Å². The van der Waals surface area contributed by atoms with Crippen molar-refractivity contribution in [2.75, 3.05) is 7.11 Å². The first-order valence-corrected chi connectivity index (χ1v) is 6.19. The predicted octanol–water partition coefficient (Wildman–Crippen LogP) is 1.86. The van der Waals surface area contributed by atoms with Crippen molar-refractivity contribution in [2.45, 2.75) is 0 Å². The van der Waals surface area contributed by atoms with Crippen molar-refractivity contribution in [3.63, 3.8) is 0 Å². The zero-order valence-electron chi connectivity index (χ0n) is 11.1. The molecule has 0 bridgehead atoms. The Morgan fingerprint density at radius 3 is 2.52 bits per heavy atom. The molecule has 0 atom stereocenters. The molecule has 0 saturated carbocycles. The van der Waals surface area contributed by atoms with Crippen LogP contribution < -0.4 is 5.43 Å². The zero-order chi connectivity index (χ0) is 15.0. The molecule has 1 aliphatic carbocycles. The van der Waals surface area contributed by atoms with Crippen LogP contribution in [0.5, 0.6) is 0 Å². The molecule has 104 valence electrons. The van der Waals surface area contributed by atoms with E-state index in [0.29, 0.717) is 11.0 Å². The van der Waals surface area contributed by atoms with E-state index in [1.807, 2.05) is 0 Å². The van der Waals surface area contributed by atoms with Crippen molar-refractivity contribution in [2.24, 2.45) is 0 Å². The summed E-state index contributed by atoms with van der Waals surface area (Å²) >= 11 is 0. The number of ketones is 2. The van der Waals surface area contributed by atoms with Gasteiger partial charge in [-0.2, -0.15) is 0 Å². The maximum Gasteiger partial charge on any atom is 0.221 e. The maximum atomic E-state index is 12.4. The van der Waals surface area contributed by atoms with Crippen LogP contribution in [0.25, 0.3) is 16.5 Å². The van der Waals surface area contributed by atoms with Crippen molar-refractivity contribution in [3.8, 4) is 0 Å². The van der Waals surface area contributed by atoms with Crippen molar-refractivity contribution < 1.29 is 18.7 Å². The van der Waals surface area contributed by atoms with Gasteiger partial charge in [0.05, 0.1) is 18.1 Å². The Hall–Kier alpha value is -2.95. The van der Waals surface area contributed by atoms with E-state index >= 15 is 0 Å². The van der Waals surface area contributed by atoms with Crippen molar-refractivity contribution in [1.82, 2.24) is 0 Å². The van der Waals surface area contributed by atoms with E-state index in [1.54, 1.807) is 24.3 Å². The molecule has 0 radical (unpaired) electrons. The molecule has 0 N–H and O–H groups in total. The van der Waals surface area contributed by atoms with E-state index in [0.717, 1.165) is 12.2 Å². The second kappa shape index (κ2) is 4.86. The minimum Gasteiger partial charge on any atom is -0.493 e. The second-order valence-electron chi connectivity index (χ2n) is 4.47. The molecule has 1 heterocycles. The molecule has 1 aromatic heterocycles. The van der Waals surface area contributed by atoms with Crippen LogP contribution in [0.15, 0.2) is 57.7 Å². The van der Waals surface area contributed by atoms with Gasteiger partial charge in [0.1, 0.15) is 11.8 Å². The number of hydrogen-bond donors (Lipinski definition) is 0. The van der Waals surface area contributed by atoms with E-state index in [4.69, 9.17) is 9.15 Å². The zero-order valence-corrected chi connectivity index (χ0v) is 11.1. The number of benzene rings is 1. The van der Waals surface area contributed by atoms with Gasteiger partial charge in [0.2, 0.25) is 11.2 Å². The third-order valence-electron chi connectivity index (χ3n) is 3.24. The minimum absolute atomic E-state index is 0.0142. The van der Waals surface area contributed by atoms with Gasteiger partial charge < -0.3 is 9.15 Å².